The van der Waals surface area contributed by atoms with Crippen LogP contribution in [-0.2, 0) is 6.42 Å². The largest absolute Gasteiger partial charge is 0.443 e. The minimum absolute atomic E-state index is 0.186. The Bertz CT molecular complexity index is 1160. The molecule has 138 valence electrons. The number of aromatic nitrogens is 3. The lowest BCUT2D eigenvalue weighted by atomic mass is 10.2. The Hall–Kier alpha value is -3.87. The Morgan fingerprint density at radius 1 is 1.07 bits per heavy atom. The minimum atomic E-state index is -0.186. The maximum absolute atomic E-state index is 12.9. The van der Waals surface area contributed by atoms with Crippen molar-refractivity contribution < 1.29 is 9.21 Å². The van der Waals surface area contributed by atoms with Crippen molar-refractivity contribution >= 4 is 17.4 Å². The van der Waals surface area contributed by atoms with Crippen LogP contribution in [0.5, 0.6) is 0 Å². The van der Waals surface area contributed by atoms with Crippen molar-refractivity contribution in [1.29, 1.82) is 0 Å². The van der Waals surface area contributed by atoms with E-state index >= 15 is 0 Å². The van der Waals surface area contributed by atoms with Gasteiger partial charge in [-0.15, -0.1) is 0 Å². The second-order valence-corrected chi connectivity index (χ2v) is 6.56. The molecule has 5 rings (SSSR count). The zero-order chi connectivity index (χ0) is 19.1. The molecule has 2 N–H and O–H groups in total. The van der Waals surface area contributed by atoms with E-state index in [2.05, 4.69) is 10.1 Å². The van der Waals surface area contributed by atoms with E-state index < -0.39 is 0 Å². The quantitative estimate of drug-likeness (QED) is 0.597. The summed E-state index contributed by atoms with van der Waals surface area (Å²) in [6.45, 7) is 0.633. The number of nitrogens with zero attached hydrogens (tertiary/aromatic N) is 4. The highest BCUT2D eigenvalue weighted by atomic mass is 16.3. The van der Waals surface area contributed by atoms with Crippen molar-refractivity contribution in [1.82, 2.24) is 14.8 Å². The Labute approximate surface area is 161 Å². The van der Waals surface area contributed by atoms with E-state index in [-0.39, 0.29) is 17.5 Å². The third-order valence-electron chi connectivity index (χ3n) is 4.89. The van der Waals surface area contributed by atoms with Crippen LogP contribution in [0.2, 0.25) is 0 Å². The van der Waals surface area contributed by atoms with Gasteiger partial charge in [0.1, 0.15) is 12.1 Å². The first kappa shape index (κ1) is 16.3. The first-order valence-electron chi connectivity index (χ1n) is 8.97. The molecule has 7 nitrogen and oxygen atoms in total. The predicted molar refractivity (Wildman–Crippen MR) is 105 cm³/mol. The van der Waals surface area contributed by atoms with Crippen LogP contribution >= 0.6 is 0 Å². The predicted octanol–water partition coefficient (Wildman–Crippen LogP) is 3.31. The molecule has 2 aromatic carbocycles. The van der Waals surface area contributed by atoms with E-state index in [0.29, 0.717) is 17.9 Å². The van der Waals surface area contributed by atoms with Gasteiger partial charge < -0.3 is 15.1 Å². The molecule has 2 aromatic heterocycles. The Kier molecular flexibility index (Phi) is 3.72. The molecule has 1 amide bonds. The summed E-state index contributed by atoms with van der Waals surface area (Å²) in [7, 11) is 0. The number of nitrogen functional groups attached to an aromatic ring is 1. The van der Waals surface area contributed by atoms with Gasteiger partial charge in [-0.3, -0.25) is 4.79 Å². The summed E-state index contributed by atoms with van der Waals surface area (Å²) in [5.74, 6) is 0.489. The van der Waals surface area contributed by atoms with Gasteiger partial charge in [0, 0.05) is 12.2 Å². The lowest BCUT2D eigenvalue weighted by Gasteiger charge is -2.15. The van der Waals surface area contributed by atoms with Crippen LogP contribution in [0.3, 0.4) is 0 Å². The van der Waals surface area contributed by atoms with Gasteiger partial charge >= 0.3 is 0 Å². The molecule has 0 radical (unpaired) electrons. The zero-order valence-electron chi connectivity index (χ0n) is 14.9. The molecule has 0 spiro atoms. The number of para-hydroxylation sites is 2. The summed E-state index contributed by atoms with van der Waals surface area (Å²) in [6, 6.07) is 17.4. The summed E-state index contributed by atoms with van der Waals surface area (Å²) < 4.78 is 7.17. The monoisotopic (exact) mass is 371 g/mol. The van der Waals surface area contributed by atoms with E-state index in [4.69, 9.17) is 10.2 Å². The highest BCUT2D eigenvalue weighted by Crippen LogP contribution is 2.30. The highest BCUT2D eigenvalue weighted by molar-refractivity contribution is 6.06. The van der Waals surface area contributed by atoms with Gasteiger partial charge in [-0.1, -0.05) is 36.4 Å². The van der Waals surface area contributed by atoms with Gasteiger partial charge in [-0.05, 0) is 30.2 Å². The lowest BCUT2D eigenvalue weighted by Crippen LogP contribution is -2.29. The molecule has 1 aliphatic rings. The molecule has 0 saturated carbocycles. The molecule has 0 bridgehead atoms. The number of anilines is 2. The van der Waals surface area contributed by atoms with Crippen molar-refractivity contribution in [2.75, 3.05) is 17.2 Å². The Morgan fingerprint density at radius 3 is 2.71 bits per heavy atom. The van der Waals surface area contributed by atoms with Gasteiger partial charge in [0.2, 0.25) is 5.89 Å². The lowest BCUT2D eigenvalue weighted by molar-refractivity contribution is 0.0984. The number of nitrogens with two attached hydrogens (primary N) is 1. The number of amides is 1. The Morgan fingerprint density at radius 2 is 1.86 bits per heavy atom. The normalized spacial score (nSPS) is 12.9. The van der Waals surface area contributed by atoms with Gasteiger partial charge in [0.15, 0.2) is 5.69 Å². The van der Waals surface area contributed by atoms with E-state index in [1.807, 2.05) is 54.6 Å². The van der Waals surface area contributed by atoms with Crippen LogP contribution in [0.15, 0.2) is 71.5 Å². The number of benzene rings is 2. The Balaban J connectivity index is 1.45. The molecule has 7 heteroatoms. The topological polar surface area (TPSA) is 90.2 Å². The summed E-state index contributed by atoms with van der Waals surface area (Å²) >= 11 is 0. The standard InChI is InChI=1S/C21H17N5O2/c22-19-16(12-23-26(19)15-7-2-1-3-8-15)20-24-17(13-28-20)21(27)25-11-10-14-6-4-5-9-18(14)25/h1-9,12-13H,10-11,22H2. The fraction of sp³-hybridized carbons (Fsp3) is 0.0952. The third kappa shape index (κ3) is 2.56. The van der Waals surface area contributed by atoms with Crippen molar-refractivity contribution in [2.45, 2.75) is 6.42 Å². The average Bonchev–Trinajstić information content (AvgIpc) is 3.46. The van der Waals surface area contributed by atoms with Crippen molar-refractivity contribution in [2.24, 2.45) is 0 Å². The van der Waals surface area contributed by atoms with Crippen LogP contribution in [-0.4, -0.2) is 27.2 Å². The molecule has 0 aliphatic carbocycles. The SMILES string of the molecule is Nc1c(-c2nc(C(=O)N3CCc4ccccc43)co2)cnn1-c1ccccc1. The maximum atomic E-state index is 12.9. The number of carbonyl (C=O) groups excluding carboxylic acids is 1. The number of hydrogen-bond donors (Lipinski definition) is 1. The number of hydrogen-bond acceptors (Lipinski definition) is 5. The van der Waals surface area contributed by atoms with Crippen LogP contribution in [0, 0.1) is 0 Å². The number of fused-ring (bicyclic) bond motifs is 1. The summed E-state index contributed by atoms with van der Waals surface area (Å²) in [6.07, 6.45) is 3.80. The fourth-order valence-corrected chi connectivity index (χ4v) is 3.48. The van der Waals surface area contributed by atoms with Gasteiger partial charge in [0.25, 0.3) is 5.91 Å². The first-order chi connectivity index (χ1) is 13.7. The highest BCUT2D eigenvalue weighted by Gasteiger charge is 2.28. The van der Waals surface area contributed by atoms with Gasteiger partial charge in [-0.25, -0.2) is 9.67 Å². The smallest absolute Gasteiger partial charge is 0.280 e. The fourth-order valence-electron chi connectivity index (χ4n) is 3.48. The first-order valence-corrected chi connectivity index (χ1v) is 8.97. The van der Waals surface area contributed by atoms with Crippen LogP contribution in [0.25, 0.3) is 17.1 Å². The van der Waals surface area contributed by atoms with Crippen LogP contribution < -0.4 is 10.6 Å². The van der Waals surface area contributed by atoms with E-state index in [1.54, 1.807) is 15.8 Å². The van der Waals surface area contributed by atoms with Crippen LogP contribution in [0.1, 0.15) is 16.1 Å². The molecule has 0 atom stereocenters. The van der Waals surface area contributed by atoms with E-state index in [0.717, 1.165) is 23.4 Å². The molecule has 4 aromatic rings. The molecule has 0 unspecified atom stereocenters. The van der Waals surface area contributed by atoms with Crippen LogP contribution in [0.4, 0.5) is 11.5 Å². The average molecular weight is 371 g/mol. The molecule has 28 heavy (non-hydrogen) atoms. The second kappa shape index (κ2) is 6.38. The van der Waals surface area contributed by atoms with Gasteiger partial charge in [-0.2, -0.15) is 5.10 Å². The van der Waals surface area contributed by atoms with Gasteiger partial charge in [0.05, 0.1) is 17.4 Å². The summed E-state index contributed by atoms with van der Waals surface area (Å²) in [4.78, 5) is 19.0. The second-order valence-electron chi connectivity index (χ2n) is 6.56. The molecule has 0 fully saturated rings. The third-order valence-corrected chi connectivity index (χ3v) is 4.89. The van der Waals surface area contributed by atoms with Crippen molar-refractivity contribution in [3.05, 3.63) is 78.3 Å². The van der Waals surface area contributed by atoms with Crippen molar-refractivity contribution in [3.63, 3.8) is 0 Å². The maximum Gasteiger partial charge on any atom is 0.280 e. The molecular weight excluding hydrogens is 354 g/mol. The summed E-state index contributed by atoms with van der Waals surface area (Å²) in [5, 5.41) is 4.32. The van der Waals surface area contributed by atoms with E-state index in [1.165, 1.54) is 6.26 Å². The van der Waals surface area contributed by atoms with Crippen molar-refractivity contribution in [3.8, 4) is 17.1 Å². The molecule has 1 aliphatic heterocycles. The number of oxazole rings is 1. The number of carbonyl (C=O) groups is 1. The summed E-state index contributed by atoms with van der Waals surface area (Å²) in [5.41, 5.74) is 9.96. The number of rotatable bonds is 3. The molecule has 3 heterocycles. The zero-order valence-corrected chi connectivity index (χ0v) is 14.9. The molecular formula is C21H17N5O2. The minimum Gasteiger partial charge on any atom is -0.443 e. The molecule has 0 saturated heterocycles. The van der Waals surface area contributed by atoms with E-state index in [9.17, 15) is 4.79 Å².